The van der Waals surface area contributed by atoms with Crippen LogP contribution in [0.15, 0.2) is 40.2 Å². The van der Waals surface area contributed by atoms with Crippen LogP contribution in [0.5, 0.6) is 0 Å². The molecule has 8 nitrogen and oxygen atoms in total. The second kappa shape index (κ2) is 7.59. The first-order valence-corrected chi connectivity index (χ1v) is 10.7. The lowest BCUT2D eigenvalue weighted by Crippen LogP contribution is -2.12. The number of hydrogen-bond acceptors (Lipinski definition) is 7. The molecule has 164 valence electrons. The molecule has 1 fully saturated rings. The van der Waals surface area contributed by atoms with Crippen molar-refractivity contribution in [2.24, 2.45) is 0 Å². The lowest BCUT2D eigenvalue weighted by Gasteiger charge is -2.13. The van der Waals surface area contributed by atoms with E-state index in [1.54, 1.807) is 0 Å². The van der Waals surface area contributed by atoms with E-state index in [0.717, 1.165) is 35.3 Å². The Morgan fingerprint density at radius 1 is 1.31 bits per heavy atom. The first-order valence-electron chi connectivity index (χ1n) is 9.81. The number of nitrogens with zero attached hydrogens (tertiary/aromatic N) is 5. The van der Waals surface area contributed by atoms with Gasteiger partial charge in [0.15, 0.2) is 11.5 Å². The van der Waals surface area contributed by atoms with Crippen LogP contribution in [-0.2, 0) is 12.0 Å². The van der Waals surface area contributed by atoms with E-state index in [1.807, 2.05) is 31.2 Å². The zero-order valence-electron chi connectivity index (χ0n) is 16.8. The van der Waals surface area contributed by atoms with Crippen LogP contribution >= 0.6 is 11.3 Å². The maximum atomic E-state index is 13.4. The average Bonchev–Trinajstić information content (AvgIpc) is 3.14. The van der Waals surface area contributed by atoms with E-state index in [4.69, 9.17) is 9.63 Å². The largest absolute Gasteiger partial charge is 0.476 e. The molecular formula is C21H17F2N5O3S. The van der Waals surface area contributed by atoms with E-state index in [-0.39, 0.29) is 29.2 Å². The Kier molecular flexibility index (Phi) is 4.85. The number of carboxylic acid groups (broad SMARTS) is 1. The third kappa shape index (κ3) is 3.48. The lowest BCUT2D eigenvalue weighted by molar-refractivity contribution is 0.0691. The fraction of sp³-hybridized carbons (Fsp3) is 0.286. The van der Waals surface area contributed by atoms with Crippen molar-refractivity contribution in [1.29, 1.82) is 0 Å². The number of alkyl halides is 2. The minimum Gasteiger partial charge on any atom is -0.476 e. The molecule has 1 aromatic carbocycles. The van der Waals surface area contributed by atoms with Gasteiger partial charge in [0.1, 0.15) is 16.4 Å². The van der Waals surface area contributed by atoms with Gasteiger partial charge >= 0.3 is 5.97 Å². The molecular weight excluding hydrogens is 440 g/mol. The van der Waals surface area contributed by atoms with Crippen molar-refractivity contribution in [2.45, 2.75) is 38.2 Å². The molecule has 32 heavy (non-hydrogen) atoms. The predicted molar refractivity (Wildman–Crippen MR) is 110 cm³/mol. The molecule has 0 saturated heterocycles. The van der Waals surface area contributed by atoms with Gasteiger partial charge in [0.25, 0.3) is 12.3 Å². The van der Waals surface area contributed by atoms with Gasteiger partial charge in [-0.1, -0.05) is 29.4 Å². The van der Waals surface area contributed by atoms with Crippen LogP contribution in [0.2, 0.25) is 0 Å². The molecule has 11 heteroatoms. The maximum absolute atomic E-state index is 13.4. The Morgan fingerprint density at radius 3 is 2.75 bits per heavy atom. The summed E-state index contributed by atoms with van der Waals surface area (Å²) in [5.74, 6) is -0.571. The van der Waals surface area contributed by atoms with Gasteiger partial charge in [-0.15, -0.1) is 11.3 Å². The molecule has 1 saturated carbocycles. The van der Waals surface area contributed by atoms with Crippen molar-refractivity contribution >= 4 is 17.3 Å². The molecule has 5 rings (SSSR count). The summed E-state index contributed by atoms with van der Waals surface area (Å²) in [6, 6.07) is 9.21. The topological polar surface area (TPSA) is 107 Å². The van der Waals surface area contributed by atoms with E-state index in [9.17, 15) is 13.6 Å². The van der Waals surface area contributed by atoms with Crippen LogP contribution < -0.4 is 0 Å². The number of aromatic carboxylic acids is 1. The number of carbonyl (C=O) groups is 1. The number of rotatable bonds is 7. The van der Waals surface area contributed by atoms with Gasteiger partial charge < -0.3 is 9.63 Å². The number of carboxylic acids is 1. The van der Waals surface area contributed by atoms with Gasteiger partial charge in [-0.05, 0) is 37.0 Å². The highest BCUT2D eigenvalue weighted by molar-refractivity contribution is 7.09. The molecule has 1 aliphatic carbocycles. The molecule has 3 heterocycles. The van der Waals surface area contributed by atoms with E-state index < -0.39 is 18.1 Å². The normalized spacial score (nSPS) is 14.8. The Hall–Kier alpha value is -3.47. The number of thiazole rings is 1. The number of aryl methyl sites for hydroxylation is 1. The third-order valence-electron chi connectivity index (χ3n) is 5.56. The van der Waals surface area contributed by atoms with Crippen molar-refractivity contribution in [3.05, 3.63) is 69.1 Å². The van der Waals surface area contributed by atoms with E-state index >= 15 is 0 Å². The molecule has 0 radical (unpaired) electrons. The summed E-state index contributed by atoms with van der Waals surface area (Å²) in [5, 5.41) is 19.0. The molecule has 0 spiro atoms. The van der Waals surface area contributed by atoms with E-state index in [0.29, 0.717) is 10.8 Å². The van der Waals surface area contributed by atoms with Crippen LogP contribution in [0.3, 0.4) is 0 Å². The Morgan fingerprint density at radius 2 is 2.09 bits per heavy atom. The number of aromatic nitrogens is 5. The molecule has 1 aliphatic rings. The second-order valence-electron chi connectivity index (χ2n) is 7.66. The minimum absolute atomic E-state index is 0.000644. The molecule has 0 amide bonds. The lowest BCUT2D eigenvalue weighted by atomic mass is 9.91. The van der Waals surface area contributed by atoms with Gasteiger partial charge in [-0.3, -0.25) is 4.68 Å². The Balaban J connectivity index is 1.51. The van der Waals surface area contributed by atoms with Gasteiger partial charge in [0.05, 0.1) is 12.0 Å². The monoisotopic (exact) mass is 457 g/mol. The summed E-state index contributed by atoms with van der Waals surface area (Å²) < 4.78 is 33.5. The van der Waals surface area contributed by atoms with Crippen LogP contribution in [0, 0.1) is 6.92 Å². The molecule has 3 aromatic heterocycles. The van der Waals surface area contributed by atoms with Crippen LogP contribution in [-0.4, -0.2) is 36.0 Å². The van der Waals surface area contributed by atoms with Crippen LogP contribution in [0.1, 0.15) is 57.4 Å². The minimum atomic E-state index is -2.79. The molecule has 0 bridgehead atoms. The highest BCUT2D eigenvalue weighted by atomic mass is 32.1. The average molecular weight is 457 g/mol. The molecule has 0 atom stereocenters. The van der Waals surface area contributed by atoms with Crippen LogP contribution in [0.4, 0.5) is 8.78 Å². The van der Waals surface area contributed by atoms with Gasteiger partial charge in [-0.25, -0.2) is 18.6 Å². The summed E-state index contributed by atoms with van der Waals surface area (Å²) in [6.45, 7) is 2.03. The first kappa shape index (κ1) is 20.4. The van der Waals surface area contributed by atoms with Crippen molar-refractivity contribution in [2.75, 3.05) is 0 Å². The summed E-state index contributed by atoms with van der Waals surface area (Å²) in [6.07, 6.45) is -1.05. The maximum Gasteiger partial charge on any atom is 0.355 e. The Labute approximate surface area is 184 Å². The van der Waals surface area contributed by atoms with Gasteiger partial charge in [0, 0.05) is 5.38 Å². The SMILES string of the molecule is Cc1ccccc1C1(c2noc(-c3cc(C(F)F)nn3Cc3nc(C(=O)O)cs3)n2)CC1. The number of halogens is 2. The third-order valence-corrected chi connectivity index (χ3v) is 6.40. The van der Waals surface area contributed by atoms with Gasteiger partial charge in [-0.2, -0.15) is 10.1 Å². The summed E-state index contributed by atoms with van der Waals surface area (Å²) in [5.41, 5.74) is 1.59. The molecule has 0 aliphatic heterocycles. The van der Waals surface area contributed by atoms with E-state index in [1.165, 1.54) is 16.1 Å². The summed E-state index contributed by atoms with van der Waals surface area (Å²) >= 11 is 1.11. The van der Waals surface area contributed by atoms with E-state index in [2.05, 4.69) is 20.2 Å². The zero-order valence-corrected chi connectivity index (χ0v) is 17.6. The summed E-state index contributed by atoms with van der Waals surface area (Å²) in [4.78, 5) is 19.6. The van der Waals surface area contributed by atoms with Crippen LogP contribution in [0.25, 0.3) is 11.6 Å². The molecule has 0 unspecified atom stereocenters. The predicted octanol–water partition coefficient (Wildman–Crippen LogP) is 4.46. The first-order chi connectivity index (χ1) is 15.4. The second-order valence-corrected chi connectivity index (χ2v) is 8.61. The zero-order chi connectivity index (χ0) is 22.5. The number of benzene rings is 1. The molecule has 4 aromatic rings. The van der Waals surface area contributed by atoms with Gasteiger partial charge in [0.2, 0.25) is 0 Å². The fourth-order valence-electron chi connectivity index (χ4n) is 3.82. The highest BCUT2D eigenvalue weighted by Crippen LogP contribution is 2.53. The fourth-order valence-corrected chi connectivity index (χ4v) is 4.57. The molecule has 1 N–H and O–H groups in total. The number of hydrogen-bond donors (Lipinski definition) is 1. The highest BCUT2D eigenvalue weighted by Gasteiger charge is 2.50. The van der Waals surface area contributed by atoms with Crippen molar-refractivity contribution < 1.29 is 23.2 Å². The smallest absolute Gasteiger partial charge is 0.355 e. The Bertz CT molecular complexity index is 1310. The quantitative estimate of drug-likeness (QED) is 0.437. The van der Waals surface area contributed by atoms with Crippen molar-refractivity contribution in [1.82, 2.24) is 24.9 Å². The standard InChI is InChI=1S/C21H17F2N5O3S/c1-11-4-2-3-5-12(11)21(6-7-21)20-25-18(31-27-20)15-8-13(17(22)23)26-28(15)9-16-24-14(10-32-16)19(29)30/h2-5,8,10,17H,6-7,9H2,1H3,(H,29,30). The van der Waals surface area contributed by atoms with Crippen molar-refractivity contribution in [3.8, 4) is 11.6 Å². The summed E-state index contributed by atoms with van der Waals surface area (Å²) in [7, 11) is 0. The van der Waals surface area contributed by atoms with Crippen molar-refractivity contribution in [3.63, 3.8) is 0 Å².